The van der Waals surface area contributed by atoms with E-state index < -0.39 is 5.97 Å². The zero-order valence-electron chi connectivity index (χ0n) is 10.8. The van der Waals surface area contributed by atoms with Gasteiger partial charge >= 0.3 is 5.97 Å². The Bertz CT molecular complexity index is 769. The molecule has 0 radical (unpaired) electrons. The quantitative estimate of drug-likeness (QED) is 0.787. The third kappa shape index (κ3) is 1.82. The molecule has 20 heavy (non-hydrogen) atoms. The van der Waals surface area contributed by atoms with E-state index in [4.69, 9.17) is 16.3 Å². The Labute approximate surface area is 120 Å². The molecule has 3 rings (SSSR count). The van der Waals surface area contributed by atoms with Gasteiger partial charge in [-0.05, 0) is 5.39 Å². The predicted octanol–water partition coefficient (Wildman–Crippen LogP) is 3.90. The number of Topliss-reactive ketones (excluding diaryl/α,β-unsaturated/α-hetero) is 1. The van der Waals surface area contributed by atoms with Crippen molar-refractivity contribution in [2.45, 2.75) is 13.3 Å². The predicted molar refractivity (Wildman–Crippen MR) is 77.4 cm³/mol. The fraction of sp³-hybridized carbons (Fsp3) is 0.125. The van der Waals surface area contributed by atoms with Crippen molar-refractivity contribution in [3.05, 3.63) is 52.6 Å². The van der Waals surface area contributed by atoms with Crippen LogP contribution in [0.2, 0.25) is 0 Å². The molecular formula is C16H11ClO3. The van der Waals surface area contributed by atoms with Gasteiger partial charge in [0.2, 0.25) is 5.78 Å². The summed E-state index contributed by atoms with van der Waals surface area (Å²) in [5.74, 6) is -0.565. The Morgan fingerprint density at radius 2 is 1.80 bits per heavy atom. The van der Waals surface area contributed by atoms with Gasteiger partial charge < -0.3 is 4.74 Å². The molecule has 4 heteroatoms. The van der Waals surface area contributed by atoms with Gasteiger partial charge in [0.15, 0.2) is 5.76 Å². The van der Waals surface area contributed by atoms with Crippen molar-refractivity contribution in [2.24, 2.45) is 0 Å². The zero-order chi connectivity index (χ0) is 14.3. The van der Waals surface area contributed by atoms with Crippen molar-refractivity contribution in [2.75, 3.05) is 0 Å². The van der Waals surface area contributed by atoms with Crippen LogP contribution in [0, 0.1) is 0 Å². The van der Waals surface area contributed by atoms with Crippen LogP contribution >= 0.6 is 11.6 Å². The van der Waals surface area contributed by atoms with Gasteiger partial charge in [-0.2, -0.15) is 0 Å². The van der Waals surface area contributed by atoms with E-state index in [0.717, 1.165) is 10.8 Å². The summed E-state index contributed by atoms with van der Waals surface area (Å²) in [5, 5.41) is 1.66. The van der Waals surface area contributed by atoms with Crippen LogP contribution in [0.5, 0.6) is 0 Å². The van der Waals surface area contributed by atoms with E-state index in [-0.39, 0.29) is 23.0 Å². The Hall–Kier alpha value is -2.13. The van der Waals surface area contributed by atoms with E-state index in [0.29, 0.717) is 11.1 Å². The molecule has 0 N–H and O–H groups in total. The van der Waals surface area contributed by atoms with Crippen LogP contribution in [0.1, 0.15) is 29.3 Å². The molecular weight excluding hydrogens is 276 g/mol. The number of carbonyl (C=O) groups is 2. The maximum Gasteiger partial charge on any atom is 0.310 e. The molecule has 0 saturated heterocycles. The number of hydrogen-bond acceptors (Lipinski definition) is 3. The maximum atomic E-state index is 12.3. The summed E-state index contributed by atoms with van der Waals surface area (Å²) in [5.41, 5.74) is 1.23. The standard InChI is InChI=1S/C16H11ClO3/c1-2-12(18)20-16-11-8-4-6-9-5-3-7-10(13(9)11)15(19)14(16)17/h3-8H,2H2,1H3. The summed E-state index contributed by atoms with van der Waals surface area (Å²) in [4.78, 5) is 23.8. The molecule has 2 aromatic carbocycles. The lowest BCUT2D eigenvalue weighted by Gasteiger charge is -2.19. The molecule has 0 amide bonds. The number of carbonyl (C=O) groups excluding carboxylic acids is 2. The van der Waals surface area contributed by atoms with Gasteiger partial charge in [-0.3, -0.25) is 9.59 Å². The van der Waals surface area contributed by atoms with Crippen molar-refractivity contribution >= 4 is 39.9 Å². The third-order valence-corrected chi connectivity index (χ3v) is 3.64. The molecule has 3 nitrogen and oxygen atoms in total. The molecule has 2 aromatic rings. The Kier molecular flexibility index (Phi) is 3.07. The van der Waals surface area contributed by atoms with Crippen molar-refractivity contribution < 1.29 is 14.3 Å². The van der Waals surface area contributed by atoms with Gasteiger partial charge in [-0.25, -0.2) is 0 Å². The molecule has 0 saturated carbocycles. The van der Waals surface area contributed by atoms with Crippen LogP contribution in [0.3, 0.4) is 0 Å². The minimum atomic E-state index is -0.415. The topological polar surface area (TPSA) is 43.4 Å². The highest BCUT2D eigenvalue weighted by Crippen LogP contribution is 2.38. The second kappa shape index (κ2) is 4.76. The number of halogens is 1. The molecule has 0 unspecified atom stereocenters. The highest BCUT2D eigenvalue weighted by molar-refractivity contribution is 6.50. The van der Waals surface area contributed by atoms with Crippen molar-refractivity contribution in [1.29, 1.82) is 0 Å². The number of benzene rings is 2. The highest BCUT2D eigenvalue weighted by atomic mass is 35.5. The summed E-state index contributed by atoms with van der Waals surface area (Å²) in [6.07, 6.45) is 0.222. The Morgan fingerprint density at radius 3 is 2.45 bits per heavy atom. The van der Waals surface area contributed by atoms with E-state index in [2.05, 4.69) is 0 Å². The first kappa shape index (κ1) is 12.9. The van der Waals surface area contributed by atoms with Gasteiger partial charge in [0, 0.05) is 22.9 Å². The molecule has 0 fully saturated rings. The van der Waals surface area contributed by atoms with Gasteiger partial charge in [0.1, 0.15) is 5.03 Å². The number of esters is 1. The molecule has 0 aromatic heterocycles. The van der Waals surface area contributed by atoms with E-state index in [1.54, 1.807) is 19.1 Å². The zero-order valence-corrected chi connectivity index (χ0v) is 11.5. The van der Waals surface area contributed by atoms with Gasteiger partial charge in [-0.1, -0.05) is 54.9 Å². The van der Waals surface area contributed by atoms with Crippen molar-refractivity contribution in [3.8, 4) is 0 Å². The summed E-state index contributed by atoms with van der Waals surface area (Å²) < 4.78 is 5.26. The van der Waals surface area contributed by atoms with Gasteiger partial charge in [0.25, 0.3) is 0 Å². The second-order valence-corrected chi connectivity index (χ2v) is 4.89. The van der Waals surface area contributed by atoms with E-state index in [9.17, 15) is 9.59 Å². The minimum absolute atomic E-state index is 0.0435. The Balaban J connectivity index is 2.30. The number of ether oxygens (including phenoxy) is 1. The van der Waals surface area contributed by atoms with Crippen LogP contribution in [0.4, 0.5) is 0 Å². The lowest BCUT2D eigenvalue weighted by Crippen LogP contribution is -2.13. The van der Waals surface area contributed by atoms with Crippen LogP contribution in [-0.2, 0) is 9.53 Å². The number of allylic oxidation sites excluding steroid dienone is 1. The van der Waals surface area contributed by atoms with Crippen LogP contribution in [-0.4, -0.2) is 11.8 Å². The Morgan fingerprint density at radius 1 is 1.15 bits per heavy atom. The average molecular weight is 287 g/mol. The van der Waals surface area contributed by atoms with Crippen LogP contribution < -0.4 is 0 Å². The SMILES string of the molecule is CCC(=O)OC1=C(Cl)C(=O)c2cccc3cccc1c23. The van der Waals surface area contributed by atoms with Crippen molar-refractivity contribution in [1.82, 2.24) is 0 Å². The van der Waals surface area contributed by atoms with E-state index in [1.807, 2.05) is 24.3 Å². The number of rotatable bonds is 2. The van der Waals surface area contributed by atoms with E-state index >= 15 is 0 Å². The number of ketones is 1. The molecule has 0 bridgehead atoms. The molecule has 0 atom stereocenters. The second-order valence-electron chi connectivity index (χ2n) is 4.51. The molecule has 1 aliphatic carbocycles. The van der Waals surface area contributed by atoms with Crippen molar-refractivity contribution in [3.63, 3.8) is 0 Å². The lowest BCUT2D eigenvalue weighted by atomic mass is 9.91. The summed E-state index contributed by atoms with van der Waals surface area (Å²) in [7, 11) is 0. The normalized spacial score (nSPS) is 13.8. The first-order valence-corrected chi connectivity index (χ1v) is 6.68. The maximum absolute atomic E-state index is 12.3. The first-order valence-electron chi connectivity index (χ1n) is 6.30. The highest BCUT2D eigenvalue weighted by Gasteiger charge is 2.28. The fourth-order valence-electron chi connectivity index (χ4n) is 2.34. The summed E-state index contributed by atoms with van der Waals surface area (Å²) >= 11 is 6.10. The summed E-state index contributed by atoms with van der Waals surface area (Å²) in [6, 6.07) is 11.0. The van der Waals surface area contributed by atoms with Crippen LogP contribution in [0.15, 0.2) is 41.4 Å². The van der Waals surface area contributed by atoms with E-state index in [1.165, 1.54) is 0 Å². The molecule has 0 spiro atoms. The molecule has 0 heterocycles. The largest absolute Gasteiger partial charge is 0.424 e. The summed E-state index contributed by atoms with van der Waals surface area (Å²) in [6.45, 7) is 1.69. The molecule has 1 aliphatic rings. The fourth-order valence-corrected chi connectivity index (χ4v) is 2.59. The molecule has 100 valence electrons. The van der Waals surface area contributed by atoms with Gasteiger partial charge in [-0.15, -0.1) is 0 Å². The average Bonchev–Trinajstić information content (AvgIpc) is 2.48. The smallest absolute Gasteiger partial charge is 0.310 e. The lowest BCUT2D eigenvalue weighted by molar-refractivity contribution is -0.136. The van der Waals surface area contributed by atoms with Gasteiger partial charge in [0.05, 0.1) is 0 Å². The first-order chi connectivity index (χ1) is 9.63. The third-order valence-electron chi connectivity index (χ3n) is 3.30. The molecule has 0 aliphatic heterocycles. The number of hydrogen-bond donors (Lipinski definition) is 0. The minimum Gasteiger partial charge on any atom is -0.424 e. The monoisotopic (exact) mass is 286 g/mol. The van der Waals surface area contributed by atoms with Crippen LogP contribution in [0.25, 0.3) is 16.5 Å².